The Bertz CT molecular complexity index is 1340. The summed E-state index contributed by atoms with van der Waals surface area (Å²) in [5, 5.41) is 2.72. The Morgan fingerprint density at radius 1 is 1.12 bits per heavy atom. The Hall–Kier alpha value is -3.72. The molecule has 4 atom stereocenters. The second-order valence-electron chi connectivity index (χ2n) is 12.4. The summed E-state index contributed by atoms with van der Waals surface area (Å²) in [6.45, 7) is 7.65. The first kappa shape index (κ1) is 28.8. The van der Waals surface area contributed by atoms with Crippen molar-refractivity contribution in [1.29, 1.82) is 0 Å². The second-order valence-corrected chi connectivity index (χ2v) is 12.4. The number of halogens is 1. The highest BCUT2D eigenvalue weighted by Gasteiger charge is 2.52. The van der Waals surface area contributed by atoms with Crippen LogP contribution in [0.3, 0.4) is 0 Å². The van der Waals surface area contributed by atoms with Crippen LogP contribution < -0.4 is 11.1 Å². The SMILES string of the molecule is CC(C)(C)OC(=O)N1C2CCC(C2)C1C(=O)N[C@@H](Cc1ccc(C2=CCN(Cc3ccccc3)C2)cc1F)C(N)=O. The average molecular weight is 563 g/mol. The van der Waals surface area contributed by atoms with Gasteiger partial charge in [0.2, 0.25) is 11.8 Å². The first-order valence-electron chi connectivity index (χ1n) is 14.3. The van der Waals surface area contributed by atoms with Gasteiger partial charge >= 0.3 is 6.09 Å². The van der Waals surface area contributed by atoms with E-state index >= 15 is 4.39 Å². The summed E-state index contributed by atoms with van der Waals surface area (Å²) in [7, 11) is 0. The number of amides is 3. The molecular weight excluding hydrogens is 523 g/mol. The number of rotatable bonds is 8. The number of nitrogens with two attached hydrogens (primary N) is 1. The molecule has 218 valence electrons. The molecule has 2 heterocycles. The maximum Gasteiger partial charge on any atom is 0.411 e. The largest absolute Gasteiger partial charge is 0.444 e. The fourth-order valence-corrected chi connectivity index (χ4v) is 6.30. The van der Waals surface area contributed by atoms with E-state index in [4.69, 9.17) is 10.5 Å². The van der Waals surface area contributed by atoms with E-state index in [1.54, 1.807) is 26.8 Å². The van der Waals surface area contributed by atoms with Gasteiger partial charge in [-0.2, -0.15) is 0 Å². The number of benzene rings is 2. The summed E-state index contributed by atoms with van der Waals surface area (Å²) in [6, 6.07) is 13.2. The van der Waals surface area contributed by atoms with Crippen molar-refractivity contribution in [2.24, 2.45) is 11.7 Å². The molecule has 1 saturated carbocycles. The van der Waals surface area contributed by atoms with E-state index in [1.807, 2.05) is 24.3 Å². The topological polar surface area (TPSA) is 105 Å². The van der Waals surface area contributed by atoms with Crippen LogP contribution in [0.1, 0.15) is 56.7 Å². The molecule has 3 aliphatic rings. The standard InChI is InChI=1S/C32H39FN4O4/c1-32(2,3)41-31(40)37-25-12-11-23(15-25)28(37)30(39)35-27(29(34)38)17-22-10-9-21(16-26(22)33)24-13-14-36(19-24)18-20-7-5-4-6-8-20/h4-10,13,16,23,25,27-28H,11-12,14-15,17-19H2,1-3H3,(H2,34,38)(H,35,39)/t23?,25?,27-,28?/m0/s1. The average Bonchev–Trinajstić information content (AvgIpc) is 3.65. The van der Waals surface area contributed by atoms with Crippen molar-refractivity contribution < 1.29 is 23.5 Å². The van der Waals surface area contributed by atoms with Gasteiger partial charge < -0.3 is 15.8 Å². The summed E-state index contributed by atoms with van der Waals surface area (Å²) in [5.41, 5.74) is 8.29. The van der Waals surface area contributed by atoms with Crippen LogP contribution in [-0.2, 0) is 27.3 Å². The third-order valence-electron chi connectivity index (χ3n) is 8.20. The highest BCUT2D eigenvalue weighted by Crippen LogP contribution is 2.43. The molecule has 41 heavy (non-hydrogen) atoms. The molecule has 3 amide bonds. The summed E-state index contributed by atoms with van der Waals surface area (Å²) in [6.07, 6.45) is 3.83. The maximum atomic E-state index is 15.3. The van der Waals surface area contributed by atoms with E-state index in [-0.39, 0.29) is 23.9 Å². The normalized spacial score (nSPS) is 22.9. The fraction of sp³-hybridized carbons (Fsp3) is 0.469. The summed E-state index contributed by atoms with van der Waals surface area (Å²) in [5.74, 6) is -1.69. The number of piperidine rings is 1. The minimum atomic E-state index is -1.12. The third kappa shape index (κ3) is 6.62. The Morgan fingerprint density at radius 3 is 2.56 bits per heavy atom. The van der Waals surface area contributed by atoms with E-state index in [0.717, 1.165) is 37.1 Å². The zero-order chi connectivity index (χ0) is 29.3. The van der Waals surface area contributed by atoms with Gasteiger partial charge in [-0.05, 0) is 74.3 Å². The lowest BCUT2D eigenvalue weighted by Crippen LogP contribution is -2.57. The van der Waals surface area contributed by atoms with Crippen molar-refractivity contribution >= 4 is 23.5 Å². The Balaban J connectivity index is 1.23. The Labute approximate surface area is 240 Å². The number of hydrogen-bond donors (Lipinski definition) is 2. The van der Waals surface area contributed by atoms with Gasteiger partial charge in [-0.25, -0.2) is 9.18 Å². The zero-order valence-corrected chi connectivity index (χ0v) is 23.9. The first-order valence-corrected chi connectivity index (χ1v) is 14.3. The van der Waals surface area contributed by atoms with Crippen molar-refractivity contribution in [3.63, 3.8) is 0 Å². The number of hydrogen-bond acceptors (Lipinski definition) is 5. The molecule has 2 aromatic rings. The number of nitrogens with one attached hydrogen (secondary N) is 1. The van der Waals surface area contributed by atoms with Crippen molar-refractivity contribution in [3.8, 4) is 0 Å². The van der Waals surface area contributed by atoms with E-state index in [9.17, 15) is 14.4 Å². The first-order chi connectivity index (χ1) is 19.5. The van der Waals surface area contributed by atoms with Gasteiger partial charge in [0.1, 0.15) is 23.5 Å². The summed E-state index contributed by atoms with van der Waals surface area (Å²) >= 11 is 0. The number of carbonyl (C=O) groups excluding carboxylic acids is 3. The van der Waals surface area contributed by atoms with Crippen molar-refractivity contribution in [2.75, 3.05) is 13.1 Å². The number of carbonyl (C=O) groups is 3. The molecule has 2 bridgehead atoms. The van der Waals surface area contributed by atoms with Crippen molar-refractivity contribution in [1.82, 2.24) is 15.1 Å². The molecule has 3 N–H and O–H groups in total. The molecule has 2 aromatic carbocycles. The van der Waals surface area contributed by atoms with Gasteiger partial charge in [0.15, 0.2) is 0 Å². The van der Waals surface area contributed by atoms with Crippen LogP contribution in [0.5, 0.6) is 0 Å². The Morgan fingerprint density at radius 2 is 1.88 bits per heavy atom. The van der Waals surface area contributed by atoms with Gasteiger partial charge in [0.05, 0.1) is 0 Å². The zero-order valence-electron chi connectivity index (χ0n) is 23.9. The number of primary amides is 1. The molecule has 8 nitrogen and oxygen atoms in total. The molecule has 5 rings (SSSR count). The summed E-state index contributed by atoms with van der Waals surface area (Å²) < 4.78 is 20.8. The number of nitrogens with zero attached hydrogens (tertiary/aromatic N) is 2. The van der Waals surface area contributed by atoms with Crippen LogP contribution in [0, 0.1) is 11.7 Å². The van der Waals surface area contributed by atoms with Crippen molar-refractivity contribution in [3.05, 3.63) is 77.1 Å². The number of ether oxygens (including phenoxy) is 1. The minimum Gasteiger partial charge on any atom is -0.444 e. The highest BCUT2D eigenvalue weighted by molar-refractivity contribution is 5.91. The number of likely N-dealkylation sites (tertiary alicyclic amines) is 1. The molecule has 2 fully saturated rings. The van der Waals surface area contributed by atoms with Crippen molar-refractivity contribution in [2.45, 2.75) is 76.7 Å². The van der Waals surface area contributed by atoms with Gasteiger partial charge in [-0.3, -0.25) is 19.4 Å². The predicted octanol–water partition coefficient (Wildman–Crippen LogP) is 4.03. The minimum absolute atomic E-state index is 0.0155. The third-order valence-corrected chi connectivity index (χ3v) is 8.20. The molecule has 3 unspecified atom stereocenters. The van der Waals surface area contributed by atoms with Crippen LogP contribution in [0.25, 0.3) is 5.57 Å². The molecule has 2 aliphatic heterocycles. The van der Waals surface area contributed by atoms with Crippen LogP contribution in [0.2, 0.25) is 0 Å². The van der Waals surface area contributed by atoms with Gasteiger partial charge in [-0.15, -0.1) is 0 Å². The van der Waals surface area contributed by atoms with Crippen LogP contribution in [0.15, 0.2) is 54.6 Å². The quantitative estimate of drug-likeness (QED) is 0.506. The highest BCUT2D eigenvalue weighted by atomic mass is 19.1. The molecule has 0 aromatic heterocycles. The monoisotopic (exact) mass is 562 g/mol. The van der Waals surface area contributed by atoms with Gasteiger partial charge in [-0.1, -0.05) is 48.5 Å². The lowest BCUT2D eigenvalue weighted by atomic mass is 9.96. The molecule has 0 radical (unpaired) electrons. The Kier molecular flexibility index (Phi) is 8.18. The van der Waals surface area contributed by atoms with Crippen LogP contribution >= 0.6 is 0 Å². The lowest BCUT2D eigenvalue weighted by Gasteiger charge is -2.36. The smallest absolute Gasteiger partial charge is 0.411 e. The molecule has 1 aliphatic carbocycles. The van der Waals surface area contributed by atoms with E-state index in [0.29, 0.717) is 13.0 Å². The second kappa shape index (κ2) is 11.6. The van der Waals surface area contributed by atoms with Gasteiger partial charge in [0.25, 0.3) is 0 Å². The van der Waals surface area contributed by atoms with Crippen LogP contribution in [-0.4, -0.2) is 64.5 Å². The number of fused-ring (bicyclic) bond motifs is 2. The molecular formula is C32H39FN4O4. The maximum absolute atomic E-state index is 15.3. The van der Waals surface area contributed by atoms with Gasteiger partial charge in [0, 0.05) is 32.1 Å². The lowest BCUT2D eigenvalue weighted by molar-refractivity contribution is -0.132. The fourth-order valence-electron chi connectivity index (χ4n) is 6.30. The van der Waals surface area contributed by atoms with E-state index in [1.165, 1.54) is 16.5 Å². The molecule has 9 heteroatoms. The van der Waals surface area contributed by atoms with E-state index < -0.39 is 41.4 Å². The van der Waals surface area contributed by atoms with E-state index in [2.05, 4.69) is 28.4 Å². The van der Waals surface area contributed by atoms with Crippen LogP contribution in [0.4, 0.5) is 9.18 Å². The molecule has 1 saturated heterocycles. The summed E-state index contributed by atoms with van der Waals surface area (Å²) in [4.78, 5) is 42.5. The molecule has 0 spiro atoms. The predicted molar refractivity (Wildman–Crippen MR) is 154 cm³/mol.